The zero-order valence-electron chi connectivity index (χ0n) is 6.46. The van der Waals surface area contributed by atoms with Gasteiger partial charge in [0.05, 0.1) is 4.83 Å². The Morgan fingerprint density at radius 1 is 0.909 bits per heavy atom. The molecule has 3 heteroatoms. The van der Waals surface area contributed by atoms with E-state index in [9.17, 15) is 0 Å². The quantitative estimate of drug-likeness (QED) is 0.462. The van der Waals surface area contributed by atoms with E-state index in [0.29, 0.717) is 17.0 Å². The van der Waals surface area contributed by atoms with Crippen molar-refractivity contribution in [3.8, 4) is 0 Å². The van der Waals surface area contributed by atoms with E-state index in [1.165, 1.54) is 19.3 Å². The first-order valence-corrected chi connectivity index (χ1v) is 5.26. The van der Waals surface area contributed by atoms with Gasteiger partial charge in [-0.05, 0) is 12.8 Å². The Balaban J connectivity index is 2.01. The van der Waals surface area contributed by atoms with E-state index in [4.69, 9.17) is 9.78 Å². The number of rotatable bonds is 0. The highest BCUT2D eigenvalue weighted by molar-refractivity contribution is 9.09. The van der Waals surface area contributed by atoms with Gasteiger partial charge in [-0.15, -0.1) is 0 Å². The Morgan fingerprint density at radius 2 is 1.45 bits per heavy atom. The maximum absolute atomic E-state index is 5.20. The van der Waals surface area contributed by atoms with Crippen molar-refractivity contribution < 1.29 is 9.78 Å². The lowest BCUT2D eigenvalue weighted by atomic mass is 9.97. The average Bonchev–Trinajstić information content (AvgIpc) is 2.38. The molecule has 2 unspecified atom stereocenters. The largest absolute Gasteiger partial charge is 0.232 e. The van der Waals surface area contributed by atoms with Crippen LogP contribution in [0.2, 0.25) is 0 Å². The molecule has 1 aliphatic carbocycles. The van der Waals surface area contributed by atoms with Crippen LogP contribution in [0, 0.1) is 0 Å². The third-order valence-corrected chi connectivity index (χ3v) is 3.67. The van der Waals surface area contributed by atoms with E-state index in [2.05, 4.69) is 15.9 Å². The molecule has 2 rings (SSSR count). The van der Waals surface area contributed by atoms with E-state index >= 15 is 0 Å². The number of hydrogen-bond donors (Lipinski definition) is 0. The fourth-order valence-corrected chi connectivity index (χ4v) is 2.48. The summed E-state index contributed by atoms with van der Waals surface area (Å²) in [6.45, 7) is 0. The predicted molar refractivity (Wildman–Crippen MR) is 45.5 cm³/mol. The fraction of sp³-hybridized carbons (Fsp3) is 1.00. The first kappa shape index (κ1) is 8.02. The molecule has 0 aromatic carbocycles. The van der Waals surface area contributed by atoms with Gasteiger partial charge < -0.3 is 0 Å². The molecular weight excluding hydrogens is 208 g/mol. The van der Waals surface area contributed by atoms with Gasteiger partial charge in [-0.25, -0.2) is 9.78 Å². The summed E-state index contributed by atoms with van der Waals surface area (Å²) in [7, 11) is 0. The zero-order valence-corrected chi connectivity index (χ0v) is 8.05. The standard InChI is InChI=1S/C8H13BrO2/c9-8-6-4-2-1-3-5-7(8)11-10-6/h6-8H,1-5H2. The van der Waals surface area contributed by atoms with Crippen molar-refractivity contribution in [3.05, 3.63) is 0 Å². The topological polar surface area (TPSA) is 18.5 Å². The van der Waals surface area contributed by atoms with Gasteiger partial charge in [0.15, 0.2) is 0 Å². The molecule has 64 valence electrons. The fourth-order valence-electron chi connectivity index (χ4n) is 1.77. The minimum atomic E-state index is 0.306. The third kappa shape index (κ3) is 1.60. The summed E-state index contributed by atoms with van der Waals surface area (Å²) in [5, 5.41) is 0. The van der Waals surface area contributed by atoms with Crippen molar-refractivity contribution in [2.75, 3.05) is 0 Å². The van der Waals surface area contributed by atoms with Crippen LogP contribution < -0.4 is 0 Å². The van der Waals surface area contributed by atoms with Crippen LogP contribution in [0.3, 0.4) is 0 Å². The Morgan fingerprint density at radius 3 is 2.00 bits per heavy atom. The van der Waals surface area contributed by atoms with E-state index in [1.807, 2.05) is 0 Å². The van der Waals surface area contributed by atoms with Gasteiger partial charge in [-0.2, -0.15) is 0 Å². The molecule has 0 radical (unpaired) electrons. The number of halogens is 1. The van der Waals surface area contributed by atoms with Crippen LogP contribution >= 0.6 is 15.9 Å². The third-order valence-electron chi connectivity index (χ3n) is 2.49. The molecule has 0 spiro atoms. The molecule has 0 aromatic heterocycles. The van der Waals surface area contributed by atoms with Crippen molar-refractivity contribution in [2.24, 2.45) is 0 Å². The zero-order chi connectivity index (χ0) is 7.68. The monoisotopic (exact) mass is 220 g/mol. The van der Waals surface area contributed by atoms with Crippen LogP contribution in [-0.4, -0.2) is 17.0 Å². The Labute approximate surface area is 75.3 Å². The maximum atomic E-state index is 5.20. The molecule has 2 atom stereocenters. The van der Waals surface area contributed by atoms with Crippen LogP contribution in [0.25, 0.3) is 0 Å². The highest BCUT2D eigenvalue weighted by atomic mass is 79.9. The van der Waals surface area contributed by atoms with E-state index in [1.54, 1.807) is 0 Å². The van der Waals surface area contributed by atoms with Gasteiger partial charge in [0.1, 0.15) is 12.2 Å². The van der Waals surface area contributed by atoms with Crippen molar-refractivity contribution in [2.45, 2.75) is 49.1 Å². The highest BCUT2D eigenvalue weighted by Gasteiger charge is 2.37. The number of hydrogen-bond acceptors (Lipinski definition) is 2. The number of alkyl halides is 1. The smallest absolute Gasteiger partial charge is 0.108 e. The van der Waals surface area contributed by atoms with E-state index in [-0.39, 0.29) is 0 Å². The Kier molecular flexibility index (Phi) is 2.49. The van der Waals surface area contributed by atoms with Gasteiger partial charge in [0.2, 0.25) is 0 Å². The van der Waals surface area contributed by atoms with Crippen LogP contribution in [0.5, 0.6) is 0 Å². The molecule has 2 fully saturated rings. The summed E-state index contributed by atoms with van der Waals surface area (Å²) < 4.78 is 0. The average molecular weight is 221 g/mol. The second-order valence-corrected chi connectivity index (χ2v) is 4.41. The molecule has 1 saturated heterocycles. The highest BCUT2D eigenvalue weighted by Crippen LogP contribution is 2.33. The molecule has 2 nitrogen and oxygen atoms in total. The summed E-state index contributed by atoms with van der Waals surface area (Å²) in [5.74, 6) is 0. The number of fused-ring (bicyclic) bond motifs is 2. The molecule has 0 amide bonds. The lowest BCUT2D eigenvalue weighted by Gasteiger charge is -2.16. The molecular formula is C8H13BrO2. The maximum Gasteiger partial charge on any atom is 0.108 e. The molecule has 11 heavy (non-hydrogen) atoms. The lowest BCUT2D eigenvalue weighted by Crippen LogP contribution is -2.25. The summed E-state index contributed by atoms with van der Waals surface area (Å²) in [6.07, 6.45) is 6.80. The van der Waals surface area contributed by atoms with E-state index < -0.39 is 0 Å². The van der Waals surface area contributed by atoms with Crippen molar-refractivity contribution in [1.29, 1.82) is 0 Å². The molecule has 1 saturated carbocycles. The van der Waals surface area contributed by atoms with Gasteiger partial charge in [-0.3, -0.25) is 0 Å². The van der Waals surface area contributed by atoms with Crippen LogP contribution in [-0.2, 0) is 9.78 Å². The SMILES string of the molecule is BrC1C2CCCCCC1OO2. The second-order valence-electron chi connectivity index (χ2n) is 3.35. The Bertz CT molecular complexity index is 126. The van der Waals surface area contributed by atoms with Gasteiger partial charge in [0.25, 0.3) is 0 Å². The summed E-state index contributed by atoms with van der Waals surface area (Å²) in [5.41, 5.74) is 0. The Hall–Kier alpha value is 0.400. The molecule has 1 aliphatic heterocycles. The van der Waals surface area contributed by atoms with Gasteiger partial charge >= 0.3 is 0 Å². The van der Waals surface area contributed by atoms with E-state index in [0.717, 1.165) is 12.8 Å². The lowest BCUT2D eigenvalue weighted by molar-refractivity contribution is -0.296. The molecule has 1 heterocycles. The molecule has 0 aromatic rings. The van der Waals surface area contributed by atoms with Crippen molar-refractivity contribution >= 4 is 15.9 Å². The second kappa shape index (κ2) is 3.42. The van der Waals surface area contributed by atoms with Gasteiger partial charge in [0, 0.05) is 0 Å². The normalized spacial score (nSPS) is 45.0. The molecule has 2 bridgehead atoms. The van der Waals surface area contributed by atoms with Crippen LogP contribution in [0.4, 0.5) is 0 Å². The minimum Gasteiger partial charge on any atom is -0.232 e. The van der Waals surface area contributed by atoms with Gasteiger partial charge in [-0.1, -0.05) is 35.2 Å². The molecule has 2 aliphatic rings. The summed E-state index contributed by atoms with van der Waals surface area (Å²) in [4.78, 5) is 10.8. The molecule has 0 N–H and O–H groups in total. The summed E-state index contributed by atoms with van der Waals surface area (Å²) in [6, 6.07) is 0. The minimum absolute atomic E-state index is 0.306. The first-order chi connectivity index (χ1) is 5.38. The van der Waals surface area contributed by atoms with Crippen molar-refractivity contribution in [3.63, 3.8) is 0 Å². The van der Waals surface area contributed by atoms with Crippen LogP contribution in [0.15, 0.2) is 0 Å². The van der Waals surface area contributed by atoms with Crippen molar-refractivity contribution in [1.82, 2.24) is 0 Å². The van der Waals surface area contributed by atoms with Crippen LogP contribution in [0.1, 0.15) is 32.1 Å². The first-order valence-electron chi connectivity index (χ1n) is 4.34. The summed E-state index contributed by atoms with van der Waals surface area (Å²) >= 11 is 3.62. The predicted octanol–water partition coefficient (Wildman–Crippen LogP) is 2.41.